The van der Waals surface area contributed by atoms with Crippen LogP contribution in [0.5, 0.6) is 0 Å². The lowest BCUT2D eigenvalue weighted by Gasteiger charge is -2.22. The third-order valence-corrected chi connectivity index (χ3v) is 4.01. The Balaban J connectivity index is 0.000000321. The van der Waals surface area contributed by atoms with Crippen molar-refractivity contribution in [1.29, 1.82) is 0 Å². The number of nitrogens with zero attached hydrogens (tertiary/aromatic N) is 3. The number of ether oxygens (including phenoxy) is 1. The summed E-state index contributed by atoms with van der Waals surface area (Å²) in [7, 11) is 0. The third kappa shape index (κ3) is 7.65. The summed E-state index contributed by atoms with van der Waals surface area (Å²) in [5.74, 6) is -2.76. The standard InChI is InChI=1S/C14H17BrN4O.C2HF3O2/c15-12-3-1-2-11(6-12)8-19-9-13(17-18-19)7-14-10-20-5-4-16-14;3-2(4,5)1(6)7/h1-3,6,9,14,16H,4-5,7-8,10H2;(H,6,7). The molecule has 1 aliphatic heterocycles. The minimum atomic E-state index is -5.08. The van der Waals surface area contributed by atoms with Crippen LogP contribution < -0.4 is 5.32 Å². The van der Waals surface area contributed by atoms with E-state index in [0.29, 0.717) is 6.04 Å². The summed E-state index contributed by atoms with van der Waals surface area (Å²) in [6, 6.07) is 8.58. The molecular formula is C16H18BrF3N4O3. The summed E-state index contributed by atoms with van der Waals surface area (Å²) < 4.78 is 40.1. The second kappa shape index (κ2) is 9.81. The molecule has 0 bridgehead atoms. The first kappa shape index (κ1) is 21.3. The summed E-state index contributed by atoms with van der Waals surface area (Å²) >= 11 is 3.48. The number of hydrogen-bond acceptors (Lipinski definition) is 5. The lowest BCUT2D eigenvalue weighted by Crippen LogP contribution is -2.42. The molecule has 27 heavy (non-hydrogen) atoms. The van der Waals surface area contributed by atoms with E-state index in [9.17, 15) is 13.2 Å². The average Bonchev–Trinajstić information content (AvgIpc) is 3.02. The van der Waals surface area contributed by atoms with Gasteiger partial charge in [-0.1, -0.05) is 33.3 Å². The highest BCUT2D eigenvalue weighted by Gasteiger charge is 2.38. The molecule has 1 saturated heterocycles. The predicted octanol–water partition coefficient (Wildman–Crippen LogP) is 2.25. The SMILES string of the molecule is Brc1cccc(Cn2cc(CC3COCCN3)nn2)c1.O=C(O)C(F)(F)F. The first-order chi connectivity index (χ1) is 12.7. The maximum atomic E-state index is 10.6. The van der Waals surface area contributed by atoms with Crippen LogP contribution in [-0.2, 0) is 22.5 Å². The fourth-order valence-electron chi connectivity index (χ4n) is 2.34. The largest absolute Gasteiger partial charge is 0.490 e. The van der Waals surface area contributed by atoms with Gasteiger partial charge >= 0.3 is 12.1 Å². The van der Waals surface area contributed by atoms with Gasteiger partial charge in [-0.05, 0) is 17.7 Å². The number of nitrogens with one attached hydrogen (secondary N) is 1. The van der Waals surface area contributed by atoms with Crippen molar-refractivity contribution in [1.82, 2.24) is 20.3 Å². The van der Waals surface area contributed by atoms with Crippen LogP contribution in [-0.4, -0.2) is 58.0 Å². The van der Waals surface area contributed by atoms with E-state index in [2.05, 4.69) is 43.7 Å². The van der Waals surface area contributed by atoms with E-state index < -0.39 is 12.1 Å². The number of halogens is 4. The maximum Gasteiger partial charge on any atom is 0.490 e. The number of hydrogen-bond donors (Lipinski definition) is 2. The van der Waals surface area contributed by atoms with Crippen molar-refractivity contribution in [3.63, 3.8) is 0 Å². The molecule has 0 amide bonds. The molecule has 2 aromatic rings. The summed E-state index contributed by atoms with van der Waals surface area (Å²) in [5, 5.41) is 19.0. The van der Waals surface area contributed by atoms with Gasteiger partial charge in [-0.3, -0.25) is 0 Å². The predicted molar refractivity (Wildman–Crippen MR) is 93.3 cm³/mol. The van der Waals surface area contributed by atoms with E-state index in [0.717, 1.165) is 42.9 Å². The van der Waals surface area contributed by atoms with Gasteiger partial charge in [0.2, 0.25) is 0 Å². The Labute approximate surface area is 161 Å². The maximum absolute atomic E-state index is 10.6. The Morgan fingerprint density at radius 2 is 2.19 bits per heavy atom. The second-order valence-corrected chi connectivity index (χ2v) is 6.69. The summed E-state index contributed by atoms with van der Waals surface area (Å²) in [5.41, 5.74) is 2.21. The van der Waals surface area contributed by atoms with E-state index in [1.54, 1.807) is 0 Å². The van der Waals surface area contributed by atoms with Gasteiger partial charge in [0.25, 0.3) is 0 Å². The van der Waals surface area contributed by atoms with E-state index in [-0.39, 0.29) is 0 Å². The van der Waals surface area contributed by atoms with E-state index in [1.807, 2.05) is 23.0 Å². The van der Waals surface area contributed by atoms with Crippen LogP contribution in [0.2, 0.25) is 0 Å². The van der Waals surface area contributed by atoms with Crippen molar-refractivity contribution in [2.45, 2.75) is 25.2 Å². The molecule has 3 rings (SSSR count). The Morgan fingerprint density at radius 1 is 1.44 bits per heavy atom. The van der Waals surface area contributed by atoms with Gasteiger partial charge in [-0.15, -0.1) is 5.10 Å². The number of aromatic nitrogens is 3. The highest BCUT2D eigenvalue weighted by molar-refractivity contribution is 9.10. The van der Waals surface area contributed by atoms with Gasteiger partial charge in [-0.2, -0.15) is 13.2 Å². The molecule has 11 heteroatoms. The van der Waals surface area contributed by atoms with Crippen molar-refractivity contribution >= 4 is 21.9 Å². The van der Waals surface area contributed by atoms with E-state index in [4.69, 9.17) is 14.6 Å². The van der Waals surface area contributed by atoms with Gasteiger partial charge in [0.05, 0.1) is 25.5 Å². The molecule has 0 aliphatic carbocycles. The zero-order valence-electron chi connectivity index (χ0n) is 14.1. The molecule has 0 spiro atoms. The Kier molecular flexibility index (Phi) is 7.75. The molecule has 1 aliphatic rings. The van der Waals surface area contributed by atoms with Crippen LogP contribution in [0.25, 0.3) is 0 Å². The minimum Gasteiger partial charge on any atom is -0.475 e. The van der Waals surface area contributed by atoms with Crippen molar-refractivity contribution in [3.05, 3.63) is 46.2 Å². The summed E-state index contributed by atoms with van der Waals surface area (Å²) in [6.07, 6.45) is -2.21. The number of morpholine rings is 1. The molecule has 1 fully saturated rings. The topological polar surface area (TPSA) is 89.3 Å². The molecule has 1 unspecified atom stereocenters. The third-order valence-electron chi connectivity index (χ3n) is 3.52. The minimum absolute atomic E-state index is 0.347. The highest BCUT2D eigenvalue weighted by atomic mass is 79.9. The molecule has 7 nitrogen and oxygen atoms in total. The first-order valence-electron chi connectivity index (χ1n) is 7.98. The van der Waals surface area contributed by atoms with Gasteiger partial charge in [0.1, 0.15) is 0 Å². The van der Waals surface area contributed by atoms with Crippen molar-refractivity contribution in [3.8, 4) is 0 Å². The van der Waals surface area contributed by atoms with Gasteiger partial charge in [0.15, 0.2) is 0 Å². The Hall–Kier alpha value is -1.98. The summed E-state index contributed by atoms with van der Waals surface area (Å²) in [4.78, 5) is 8.90. The van der Waals surface area contributed by atoms with Crippen LogP contribution in [0.4, 0.5) is 13.2 Å². The number of carboxylic acids is 1. The van der Waals surface area contributed by atoms with Crippen LogP contribution in [0.1, 0.15) is 11.3 Å². The van der Waals surface area contributed by atoms with Crippen molar-refractivity contribution < 1.29 is 27.8 Å². The zero-order valence-corrected chi connectivity index (χ0v) is 15.7. The van der Waals surface area contributed by atoms with Gasteiger partial charge < -0.3 is 15.2 Å². The van der Waals surface area contributed by atoms with Crippen LogP contribution in [0, 0.1) is 0 Å². The molecule has 1 aromatic carbocycles. The number of rotatable bonds is 4. The molecule has 1 atom stereocenters. The fraction of sp³-hybridized carbons (Fsp3) is 0.438. The van der Waals surface area contributed by atoms with Gasteiger partial charge in [-0.25, -0.2) is 9.48 Å². The Bertz CT molecular complexity index is 749. The highest BCUT2D eigenvalue weighted by Crippen LogP contribution is 2.13. The number of alkyl halides is 3. The number of benzene rings is 1. The van der Waals surface area contributed by atoms with Crippen LogP contribution >= 0.6 is 15.9 Å². The summed E-state index contributed by atoms with van der Waals surface area (Å²) in [6.45, 7) is 3.20. The second-order valence-electron chi connectivity index (χ2n) is 5.77. The van der Waals surface area contributed by atoms with Crippen LogP contribution in [0.3, 0.4) is 0 Å². The molecule has 0 radical (unpaired) electrons. The first-order valence-corrected chi connectivity index (χ1v) is 8.78. The number of carbonyl (C=O) groups is 1. The number of carboxylic acid groups (broad SMARTS) is 1. The van der Waals surface area contributed by atoms with Crippen LogP contribution in [0.15, 0.2) is 34.9 Å². The lowest BCUT2D eigenvalue weighted by atomic mass is 10.1. The van der Waals surface area contributed by atoms with Crippen molar-refractivity contribution in [2.75, 3.05) is 19.8 Å². The van der Waals surface area contributed by atoms with E-state index >= 15 is 0 Å². The molecule has 1 aromatic heterocycles. The quantitative estimate of drug-likeness (QED) is 0.742. The molecule has 2 heterocycles. The van der Waals surface area contributed by atoms with E-state index in [1.165, 1.54) is 5.56 Å². The average molecular weight is 451 g/mol. The molecular weight excluding hydrogens is 433 g/mol. The molecule has 0 saturated carbocycles. The number of aliphatic carboxylic acids is 1. The van der Waals surface area contributed by atoms with Crippen molar-refractivity contribution in [2.24, 2.45) is 0 Å². The van der Waals surface area contributed by atoms with Gasteiger partial charge in [0, 0.05) is 29.7 Å². The normalized spacial score (nSPS) is 17.1. The zero-order chi connectivity index (χ0) is 19.9. The smallest absolute Gasteiger partial charge is 0.475 e. The molecule has 148 valence electrons. The Morgan fingerprint density at radius 3 is 2.78 bits per heavy atom. The fourth-order valence-corrected chi connectivity index (χ4v) is 2.78. The monoisotopic (exact) mass is 450 g/mol. The lowest BCUT2D eigenvalue weighted by molar-refractivity contribution is -0.192. The molecule has 2 N–H and O–H groups in total.